The lowest BCUT2D eigenvalue weighted by Gasteiger charge is -2.20. The molecule has 1 aromatic carbocycles. The van der Waals surface area contributed by atoms with Gasteiger partial charge in [-0.1, -0.05) is 0 Å². The molecule has 0 amide bonds. The maximum atomic E-state index is 13.4. The maximum Gasteiger partial charge on any atom is 0.426 e. The maximum absolute atomic E-state index is 13.4. The van der Waals surface area contributed by atoms with Crippen molar-refractivity contribution in [2.45, 2.75) is 12.3 Å². The van der Waals surface area contributed by atoms with Crippen LogP contribution in [-0.4, -0.2) is 37.0 Å². The number of nitrogens with two attached hydrogens (primary N) is 1. The van der Waals surface area contributed by atoms with Crippen molar-refractivity contribution in [3.05, 3.63) is 28.8 Å². The third kappa shape index (κ3) is 4.25. The monoisotopic (exact) mass is 385 g/mol. The molecule has 0 fully saturated rings. The zero-order valence-corrected chi connectivity index (χ0v) is 11.8. The van der Waals surface area contributed by atoms with Crippen molar-refractivity contribution in [1.29, 1.82) is 0 Å². The van der Waals surface area contributed by atoms with E-state index in [0.717, 1.165) is 0 Å². The first-order chi connectivity index (χ1) is 10.7. The molecule has 24 heavy (non-hydrogen) atoms. The smallest absolute Gasteiger partial charge is 0.426 e. The van der Waals surface area contributed by atoms with E-state index in [4.69, 9.17) is 4.55 Å². The summed E-state index contributed by atoms with van der Waals surface area (Å²) in [5.74, 6) is -14.2. The van der Waals surface area contributed by atoms with Gasteiger partial charge in [0, 0.05) is 0 Å². The van der Waals surface area contributed by atoms with E-state index in [9.17, 15) is 43.9 Å². The molecule has 1 atom stereocenters. The molecular formula is C10H6F7NO5S. The van der Waals surface area contributed by atoms with Crippen molar-refractivity contribution < 1.29 is 53.2 Å². The van der Waals surface area contributed by atoms with Crippen LogP contribution >= 0.6 is 0 Å². The molecule has 0 saturated carbocycles. The summed E-state index contributed by atoms with van der Waals surface area (Å²) < 4.78 is 124. The highest BCUT2D eigenvalue weighted by Gasteiger charge is 2.46. The molecule has 136 valence electrons. The van der Waals surface area contributed by atoms with E-state index < -0.39 is 68.6 Å². The van der Waals surface area contributed by atoms with E-state index in [1.54, 1.807) is 0 Å². The second-order valence-electron chi connectivity index (χ2n) is 4.23. The lowest BCUT2D eigenvalue weighted by molar-refractivity contribution is -0.197. The summed E-state index contributed by atoms with van der Waals surface area (Å²) in [7, 11) is -5.33. The minimum atomic E-state index is -5.58. The summed E-state index contributed by atoms with van der Waals surface area (Å²) in [6, 6.07) is 0. The Labute approximate surface area is 128 Å². The van der Waals surface area contributed by atoms with E-state index in [1.165, 1.54) is 0 Å². The molecule has 1 aromatic rings. The van der Waals surface area contributed by atoms with Gasteiger partial charge in [-0.05, 0) is 0 Å². The Bertz CT molecular complexity index is 748. The molecule has 1 unspecified atom stereocenters. The molecule has 0 radical (unpaired) electrons. The highest BCUT2D eigenvalue weighted by molar-refractivity contribution is 7.85. The minimum absolute atomic E-state index is 1.67. The normalized spacial score (nSPS) is 13.7. The van der Waals surface area contributed by atoms with Gasteiger partial charge in [0.05, 0.1) is 0 Å². The molecule has 0 saturated heterocycles. The Morgan fingerprint density at radius 1 is 1.08 bits per heavy atom. The molecule has 0 bridgehead atoms. The number of halogens is 7. The zero-order chi connectivity index (χ0) is 19.0. The second-order valence-corrected chi connectivity index (χ2v) is 5.73. The summed E-state index contributed by atoms with van der Waals surface area (Å²) in [5, 5.41) is 0. The quantitative estimate of drug-likeness (QED) is 0.269. The molecule has 0 spiro atoms. The number of ether oxygens (including phenoxy) is 1. The average molecular weight is 385 g/mol. The number of hydrogen-bond acceptors (Lipinski definition) is 5. The number of hydrogen-bond donors (Lipinski definition) is 2. The molecular weight excluding hydrogens is 379 g/mol. The van der Waals surface area contributed by atoms with Crippen LogP contribution in [0, 0.1) is 23.3 Å². The highest BCUT2D eigenvalue weighted by Crippen LogP contribution is 2.29. The van der Waals surface area contributed by atoms with Crippen LogP contribution in [0.2, 0.25) is 0 Å². The van der Waals surface area contributed by atoms with E-state index in [1.807, 2.05) is 0 Å². The predicted octanol–water partition coefficient (Wildman–Crippen LogP) is 1.80. The van der Waals surface area contributed by atoms with Crippen molar-refractivity contribution in [1.82, 2.24) is 0 Å². The second kappa shape index (κ2) is 6.43. The van der Waals surface area contributed by atoms with Crippen molar-refractivity contribution >= 4 is 21.8 Å². The summed E-state index contributed by atoms with van der Waals surface area (Å²) in [6.07, 6.45) is -9.13. The van der Waals surface area contributed by atoms with Crippen LogP contribution in [0.1, 0.15) is 10.4 Å². The number of carbonyl (C=O) groups excluding carboxylic acids is 1. The van der Waals surface area contributed by atoms with Gasteiger partial charge in [-0.2, -0.15) is 21.6 Å². The Hall–Kier alpha value is -2.09. The van der Waals surface area contributed by atoms with Crippen LogP contribution in [0.4, 0.5) is 36.4 Å². The standard InChI is InChI=1S/C10H6F7NO5S/c11-4-3(5(12)7(14)8(18)6(4)13)9(19)23-2(10(15,16)17)1-24(20,21)22/h2H,1,18H2,(H,20,21,22). The van der Waals surface area contributed by atoms with Crippen LogP contribution in [0.25, 0.3) is 0 Å². The summed E-state index contributed by atoms with van der Waals surface area (Å²) >= 11 is 0. The Balaban J connectivity index is 3.32. The van der Waals surface area contributed by atoms with Gasteiger partial charge in [0.2, 0.25) is 6.10 Å². The number of alkyl halides is 3. The fourth-order valence-electron chi connectivity index (χ4n) is 1.40. The first kappa shape index (κ1) is 20.0. The van der Waals surface area contributed by atoms with Crippen molar-refractivity contribution in [3.63, 3.8) is 0 Å². The molecule has 0 aliphatic rings. The van der Waals surface area contributed by atoms with Crippen LogP contribution in [0.15, 0.2) is 0 Å². The van der Waals surface area contributed by atoms with E-state index in [0.29, 0.717) is 0 Å². The van der Waals surface area contributed by atoms with E-state index >= 15 is 0 Å². The van der Waals surface area contributed by atoms with Gasteiger partial charge >= 0.3 is 12.1 Å². The molecule has 0 aliphatic carbocycles. The first-order valence-electron chi connectivity index (χ1n) is 5.51. The predicted molar refractivity (Wildman–Crippen MR) is 62.4 cm³/mol. The Morgan fingerprint density at radius 3 is 1.83 bits per heavy atom. The number of rotatable bonds is 4. The molecule has 3 N–H and O–H groups in total. The summed E-state index contributed by atoms with van der Waals surface area (Å²) in [6.45, 7) is 0. The van der Waals surface area contributed by atoms with Crippen LogP contribution in [0.3, 0.4) is 0 Å². The van der Waals surface area contributed by atoms with Gasteiger partial charge in [0.1, 0.15) is 17.0 Å². The van der Waals surface area contributed by atoms with Gasteiger partial charge in [-0.3, -0.25) is 4.55 Å². The number of nitrogen functional groups attached to an aromatic ring is 1. The fourth-order valence-corrected chi connectivity index (χ4v) is 2.04. The summed E-state index contributed by atoms with van der Waals surface area (Å²) in [4.78, 5) is 11.4. The highest BCUT2D eigenvalue weighted by atomic mass is 32.2. The van der Waals surface area contributed by atoms with Crippen LogP contribution < -0.4 is 5.73 Å². The molecule has 14 heteroatoms. The number of benzene rings is 1. The summed E-state index contributed by atoms with van der Waals surface area (Å²) in [5.41, 5.74) is 0.767. The Kier molecular flexibility index (Phi) is 5.34. The fraction of sp³-hybridized carbons (Fsp3) is 0.300. The number of esters is 1. The SMILES string of the molecule is Nc1c(F)c(F)c(C(=O)OC(CS(=O)(=O)O)C(F)(F)F)c(F)c1F. The van der Waals surface area contributed by atoms with Gasteiger partial charge in [0.25, 0.3) is 10.1 Å². The van der Waals surface area contributed by atoms with E-state index in [2.05, 4.69) is 10.5 Å². The molecule has 1 rings (SSSR count). The third-order valence-corrected chi connectivity index (χ3v) is 3.20. The van der Waals surface area contributed by atoms with Crippen LogP contribution in [0.5, 0.6) is 0 Å². The van der Waals surface area contributed by atoms with Crippen molar-refractivity contribution in [3.8, 4) is 0 Å². The third-order valence-electron chi connectivity index (χ3n) is 2.48. The van der Waals surface area contributed by atoms with Gasteiger partial charge in [-0.15, -0.1) is 0 Å². The van der Waals surface area contributed by atoms with Gasteiger partial charge < -0.3 is 10.5 Å². The van der Waals surface area contributed by atoms with Crippen LogP contribution in [-0.2, 0) is 14.9 Å². The number of anilines is 1. The topological polar surface area (TPSA) is 107 Å². The zero-order valence-electron chi connectivity index (χ0n) is 11.0. The molecule has 6 nitrogen and oxygen atoms in total. The average Bonchev–Trinajstić information content (AvgIpc) is 2.40. The number of carbonyl (C=O) groups is 1. The largest absolute Gasteiger partial charge is 0.448 e. The van der Waals surface area contributed by atoms with Gasteiger partial charge in [-0.25, -0.2) is 22.4 Å². The van der Waals surface area contributed by atoms with Gasteiger partial charge in [0.15, 0.2) is 23.3 Å². The molecule has 0 heterocycles. The van der Waals surface area contributed by atoms with Crippen molar-refractivity contribution in [2.24, 2.45) is 0 Å². The molecule has 0 aromatic heterocycles. The Morgan fingerprint density at radius 2 is 1.50 bits per heavy atom. The van der Waals surface area contributed by atoms with E-state index in [-0.39, 0.29) is 0 Å². The molecule has 0 aliphatic heterocycles. The first-order valence-corrected chi connectivity index (χ1v) is 7.12. The van der Waals surface area contributed by atoms with Crippen molar-refractivity contribution in [2.75, 3.05) is 11.5 Å². The lowest BCUT2D eigenvalue weighted by Crippen LogP contribution is -2.40. The minimum Gasteiger partial charge on any atom is -0.448 e. The lowest BCUT2D eigenvalue weighted by atomic mass is 10.1.